The van der Waals surface area contributed by atoms with Crippen molar-refractivity contribution < 1.29 is 9.59 Å². The molecular weight excluding hydrogens is 326 g/mol. The molecule has 4 fully saturated rings. The molecule has 5 heteroatoms. The largest absolute Gasteiger partial charge is 0.319 e. The van der Waals surface area contributed by atoms with Gasteiger partial charge in [0.1, 0.15) is 0 Å². The lowest BCUT2D eigenvalue weighted by molar-refractivity contribution is -0.151. The summed E-state index contributed by atoms with van der Waals surface area (Å²) < 4.78 is 1.90. The van der Waals surface area contributed by atoms with Crippen molar-refractivity contribution in [1.82, 2.24) is 9.55 Å². The van der Waals surface area contributed by atoms with Crippen molar-refractivity contribution in [2.75, 3.05) is 5.32 Å². The molecule has 0 unspecified atom stereocenters. The van der Waals surface area contributed by atoms with Crippen LogP contribution in [0.3, 0.4) is 0 Å². The molecule has 1 aromatic carbocycles. The molecule has 0 saturated heterocycles. The highest BCUT2D eigenvalue weighted by atomic mass is 16.2. The van der Waals surface area contributed by atoms with Crippen molar-refractivity contribution in [3.05, 3.63) is 43.0 Å². The van der Waals surface area contributed by atoms with Gasteiger partial charge in [0, 0.05) is 29.2 Å². The monoisotopic (exact) mass is 349 g/mol. The Balaban J connectivity index is 1.30. The van der Waals surface area contributed by atoms with Crippen LogP contribution in [0.1, 0.15) is 38.5 Å². The summed E-state index contributed by atoms with van der Waals surface area (Å²) in [6.07, 6.45) is 11.9. The molecular formula is C21H23N3O2. The minimum Gasteiger partial charge on any atom is -0.319 e. The number of rotatable bonds is 4. The minimum absolute atomic E-state index is 0.185. The molecule has 26 heavy (non-hydrogen) atoms. The van der Waals surface area contributed by atoms with Gasteiger partial charge in [-0.2, -0.15) is 0 Å². The molecule has 134 valence electrons. The number of imidazole rings is 1. The molecule has 5 nitrogen and oxygen atoms in total. The van der Waals surface area contributed by atoms with Crippen LogP contribution in [0.25, 0.3) is 5.69 Å². The molecule has 6 rings (SSSR count). The Labute approximate surface area is 152 Å². The summed E-state index contributed by atoms with van der Waals surface area (Å²) in [6, 6.07) is 7.49. The highest BCUT2D eigenvalue weighted by Gasteiger charge is 2.55. The maximum Gasteiger partial charge on any atom is 0.292 e. The van der Waals surface area contributed by atoms with Gasteiger partial charge in [0.2, 0.25) is 5.78 Å². The zero-order chi connectivity index (χ0) is 17.7. The van der Waals surface area contributed by atoms with E-state index in [2.05, 4.69) is 10.3 Å². The fourth-order valence-corrected chi connectivity index (χ4v) is 5.95. The highest BCUT2D eigenvalue weighted by Crippen LogP contribution is 2.60. The number of anilines is 1. The van der Waals surface area contributed by atoms with Gasteiger partial charge in [0.05, 0.1) is 6.33 Å². The van der Waals surface area contributed by atoms with Crippen LogP contribution in [0, 0.1) is 23.2 Å². The van der Waals surface area contributed by atoms with Crippen LogP contribution in [0.4, 0.5) is 5.69 Å². The minimum atomic E-state index is -0.442. The molecule has 1 aromatic heterocycles. The van der Waals surface area contributed by atoms with Crippen molar-refractivity contribution in [2.45, 2.75) is 38.5 Å². The van der Waals surface area contributed by atoms with E-state index >= 15 is 0 Å². The predicted molar refractivity (Wildman–Crippen MR) is 97.8 cm³/mol. The maximum atomic E-state index is 13.0. The third kappa shape index (κ3) is 2.57. The third-order valence-corrected chi connectivity index (χ3v) is 6.65. The van der Waals surface area contributed by atoms with Gasteiger partial charge in [-0.1, -0.05) is 0 Å². The Morgan fingerprint density at radius 2 is 1.62 bits per heavy atom. The number of ketones is 1. The summed E-state index contributed by atoms with van der Waals surface area (Å²) in [6.45, 7) is 0. The van der Waals surface area contributed by atoms with Crippen molar-refractivity contribution in [1.29, 1.82) is 0 Å². The van der Waals surface area contributed by atoms with Gasteiger partial charge in [-0.25, -0.2) is 4.98 Å². The van der Waals surface area contributed by atoms with E-state index in [1.165, 1.54) is 19.3 Å². The van der Waals surface area contributed by atoms with Crippen LogP contribution in [-0.4, -0.2) is 21.2 Å². The van der Waals surface area contributed by atoms with Crippen molar-refractivity contribution in [2.24, 2.45) is 23.2 Å². The average Bonchev–Trinajstić information content (AvgIpc) is 3.15. The van der Waals surface area contributed by atoms with Gasteiger partial charge in [-0.15, -0.1) is 0 Å². The van der Waals surface area contributed by atoms with Gasteiger partial charge in [0.15, 0.2) is 0 Å². The van der Waals surface area contributed by atoms with E-state index < -0.39 is 5.91 Å². The fraction of sp³-hybridized carbons (Fsp3) is 0.476. The van der Waals surface area contributed by atoms with Gasteiger partial charge in [0.25, 0.3) is 5.91 Å². The maximum absolute atomic E-state index is 13.0. The molecule has 1 amide bonds. The zero-order valence-electron chi connectivity index (χ0n) is 14.7. The molecule has 4 aliphatic carbocycles. The van der Waals surface area contributed by atoms with E-state index in [1.807, 2.05) is 35.0 Å². The lowest BCUT2D eigenvalue weighted by Crippen LogP contribution is -2.52. The first-order chi connectivity index (χ1) is 12.6. The van der Waals surface area contributed by atoms with Crippen LogP contribution in [0.15, 0.2) is 43.0 Å². The number of nitrogens with one attached hydrogen (secondary N) is 1. The summed E-state index contributed by atoms with van der Waals surface area (Å²) in [5.74, 6) is 1.35. The molecule has 2 aromatic rings. The van der Waals surface area contributed by atoms with E-state index in [1.54, 1.807) is 12.5 Å². The average molecular weight is 349 g/mol. The van der Waals surface area contributed by atoms with Crippen LogP contribution < -0.4 is 5.32 Å². The molecule has 0 spiro atoms. The lowest BCUT2D eigenvalue weighted by atomic mass is 9.48. The highest BCUT2D eigenvalue weighted by molar-refractivity contribution is 6.42. The summed E-state index contributed by atoms with van der Waals surface area (Å²) in [5.41, 5.74) is 1.25. The van der Waals surface area contributed by atoms with Crippen molar-refractivity contribution in [3.63, 3.8) is 0 Å². The van der Waals surface area contributed by atoms with Crippen LogP contribution in [-0.2, 0) is 9.59 Å². The molecule has 0 atom stereocenters. The lowest BCUT2D eigenvalue weighted by Gasteiger charge is -2.55. The Morgan fingerprint density at radius 3 is 2.15 bits per heavy atom. The van der Waals surface area contributed by atoms with E-state index in [0.717, 1.165) is 24.9 Å². The van der Waals surface area contributed by atoms with E-state index in [-0.39, 0.29) is 11.2 Å². The molecule has 0 aliphatic heterocycles. The van der Waals surface area contributed by atoms with Crippen molar-refractivity contribution in [3.8, 4) is 5.69 Å². The number of carbonyl (C=O) groups is 2. The molecule has 1 N–H and O–H groups in total. The first kappa shape index (κ1) is 15.8. The second-order valence-electron chi connectivity index (χ2n) is 8.50. The number of carbonyl (C=O) groups excluding carboxylic acids is 2. The fourth-order valence-electron chi connectivity index (χ4n) is 5.95. The summed E-state index contributed by atoms with van der Waals surface area (Å²) >= 11 is 0. The van der Waals surface area contributed by atoms with Crippen LogP contribution in [0.2, 0.25) is 0 Å². The number of nitrogens with zero attached hydrogens (tertiary/aromatic N) is 2. The SMILES string of the molecule is O=C(Nc1ccc(-n2ccnc2)cc1)C(=O)C12CC3CC(CC(C3)C1)C2. The number of aromatic nitrogens is 2. The topological polar surface area (TPSA) is 64.0 Å². The quantitative estimate of drug-likeness (QED) is 0.858. The number of hydrogen-bond donors (Lipinski definition) is 1. The third-order valence-electron chi connectivity index (χ3n) is 6.65. The first-order valence-corrected chi connectivity index (χ1v) is 9.55. The number of benzene rings is 1. The predicted octanol–water partition coefficient (Wildman–Crippen LogP) is 3.60. The Morgan fingerprint density at radius 1 is 1.00 bits per heavy atom. The number of hydrogen-bond acceptors (Lipinski definition) is 3. The van der Waals surface area contributed by atoms with Gasteiger partial charge in [-0.3, -0.25) is 9.59 Å². The van der Waals surface area contributed by atoms with Crippen LogP contribution >= 0.6 is 0 Å². The Bertz CT molecular complexity index is 803. The summed E-state index contributed by atoms with van der Waals surface area (Å²) in [5, 5.41) is 2.83. The van der Waals surface area contributed by atoms with Gasteiger partial charge < -0.3 is 9.88 Å². The molecule has 4 saturated carbocycles. The van der Waals surface area contributed by atoms with E-state index in [9.17, 15) is 9.59 Å². The molecule has 1 heterocycles. The Hall–Kier alpha value is -2.43. The molecule has 4 aliphatic rings. The first-order valence-electron chi connectivity index (χ1n) is 9.55. The van der Waals surface area contributed by atoms with E-state index in [0.29, 0.717) is 23.4 Å². The smallest absolute Gasteiger partial charge is 0.292 e. The van der Waals surface area contributed by atoms with Gasteiger partial charge >= 0.3 is 0 Å². The second-order valence-corrected chi connectivity index (χ2v) is 8.50. The molecule has 0 radical (unpaired) electrons. The van der Waals surface area contributed by atoms with Crippen molar-refractivity contribution >= 4 is 17.4 Å². The summed E-state index contributed by atoms with van der Waals surface area (Å²) in [7, 11) is 0. The van der Waals surface area contributed by atoms with Gasteiger partial charge in [-0.05, 0) is 80.5 Å². The number of Topliss-reactive ketones (excluding diaryl/α,β-unsaturated/α-hetero) is 1. The zero-order valence-corrected chi connectivity index (χ0v) is 14.7. The summed E-state index contributed by atoms with van der Waals surface area (Å²) in [4.78, 5) is 29.7. The second kappa shape index (κ2) is 5.79. The van der Waals surface area contributed by atoms with E-state index in [4.69, 9.17) is 0 Å². The normalized spacial score (nSPS) is 31.8. The number of amides is 1. The molecule has 4 bridgehead atoms. The Kier molecular flexibility index (Phi) is 3.52. The standard InChI is InChI=1S/C21H23N3O2/c25-19(21-10-14-7-15(11-21)9-16(8-14)12-21)20(26)23-17-1-3-18(4-2-17)24-6-5-22-13-24/h1-6,13-16H,7-12H2,(H,23,26). The van der Waals surface area contributed by atoms with Crippen LogP contribution in [0.5, 0.6) is 0 Å².